The molecular formula is C24H23ClF3N3O3S. The zero-order valence-corrected chi connectivity index (χ0v) is 20.4. The third-order valence-electron chi connectivity index (χ3n) is 6.56. The van der Waals surface area contributed by atoms with Crippen molar-refractivity contribution in [3.05, 3.63) is 62.2 Å². The van der Waals surface area contributed by atoms with Crippen molar-refractivity contribution in [1.29, 1.82) is 0 Å². The molecule has 1 aromatic carbocycles. The Morgan fingerprint density at radius 2 is 2.06 bits per heavy atom. The molecule has 3 aromatic rings. The van der Waals surface area contributed by atoms with Gasteiger partial charge in [-0.1, -0.05) is 23.7 Å². The number of hydrogen-bond donors (Lipinski definition) is 1. The number of likely N-dealkylation sites (tertiary alicyclic amines) is 1. The van der Waals surface area contributed by atoms with E-state index in [1.54, 1.807) is 25.1 Å². The van der Waals surface area contributed by atoms with E-state index in [0.29, 0.717) is 52.9 Å². The molecule has 186 valence electrons. The minimum absolute atomic E-state index is 0.0477. The number of ether oxygens (including phenoxy) is 2. The molecule has 0 atom stereocenters. The fourth-order valence-corrected chi connectivity index (χ4v) is 6.26. The van der Waals surface area contributed by atoms with E-state index in [2.05, 4.69) is 15.1 Å². The molecule has 11 heteroatoms. The number of thiophene rings is 1. The second-order valence-electron chi connectivity index (χ2n) is 8.68. The summed E-state index contributed by atoms with van der Waals surface area (Å²) >= 11 is 7.24. The number of rotatable bonds is 5. The van der Waals surface area contributed by atoms with E-state index < -0.39 is 29.9 Å². The normalized spacial score (nSPS) is 19.0. The highest BCUT2D eigenvalue weighted by Gasteiger charge is 2.51. The van der Waals surface area contributed by atoms with Gasteiger partial charge in [-0.3, -0.25) is 10.00 Å². The Morgan fingerprint density at radius 1 is 1.31 bits per heavy atom. The molecule has 0 bridgehead atoms. The van der Waals surface area contributed by atoms with Crippen LogP contribution in [-0.2, 0) is 27.5 Å². The second-order valence-corrected chi connectivity index (χ2v) is 10.4. The molecule has 2 aliphatic heterocycles. The van der Waals surface area contributed by atoms with E-state index in [0.717, 1.165) is 11.3 Å². The van der Waals surface area contributed by atoms with Gasteiger partial charge in [-0.25, -0.2) is 9.18 Å². The number of carbonyl (C=O) groups is 1. The van der Waals surface area contributed by atoms with Gasteiger partial charge in [0.15, 0.2) is 0 Å². The van der Waals surface area contributed by atoms with Gasteiger partial charge in [0, 0.05) is 41.2 Å². The van der Waals surface area contributed by atoms with Gasteiger partial charge in [-0.2, -0.15) is 13.9 Å². The van der Waals surface area contributed by atoms with E-state index in [1.165, 1.54) is 12.1 Å². The summed E-state index contributed by atoms with van der Waals surface area (Å²) < 4.78 is 54.7. The Labute approximate surface area is 209 Å². The van der Waals surface area contributed by atoms with Crippen molar-refractivity contribution < 1.29 is 27.4 Å². The lowest BCUT2D eigenvalue weighted by atomic mass is 9.84. The van der Waals surface area contributed by atoms with Gasteiger partial charge in [-0.15, -0.1) is 11.3 Å². The minimum atomic E-state index is -3.07. The van der Waals surface area contributed by atoms with Crippen molar-refractivity contribution in [2.24, 2.45) is 0 Å². The molecule has 4 heterocycles. The standard InChI is InChI=1S/C24H23ClF3N3O3S/c1-2-33-22(32)20-15(19(29-30-20)14-5-3-4-6-17(14)26)12-31-9-7-23(8-10-31)21-16(11-18(25)35-21)24(27,28)13-34-23/h3-6,11H,2,7-10,12-13H2,1H3,(H,29,30). The fourth-order valence-electron chi connectivity index (χ4n) is 4.78. The van der Waals surface area contributed by atoms with Crippen LogP contribution in [0.5, 0.6) is 0 Å². The van der Waals surface area contributed by atoms with Crippen LogP contribution in [0.4, 0.5) is 13.2 Å². The van der Waals surface area contributed by atoms with Crippen LogP contribution in [0.3, 0.4) is 0 Å². The predicted molar refractivity (Wildman–Crippen MR) is 125 cm³/mol. The zero-order chi connectivity index (χ0) is 24.8. The topological polar surface area (TPSA) is 67.5 Å². The Kier molecular flexibility index (Phi) is 6.41. The number of nitrogens with one attached hydrogen (secondary N) is 1. The van der Waals surface area contributed by atoms with Gasteiger partial charge >= 0.3 is 5.97 Å². The molecule has 1 N–H and O–H groups in total. The highest BCUT2D eigenvalue weighted by molar-refractivity contribution is 7.16. The van der Waals surface area contributed by atoms with Crippen molar-refractivity contribution in [2.45, 2.75) is 37.8 Å². The number of halogens is 4. The molecule has 0 radical (unpaired) electrons. The number of hydrogen-bond acceptors (Lipinski definition) is 6. The van der Waals surface area contributed by atoms with Gasteiger partial charge < -0.3 is 9.47 Å². The first kappa shape index (κ1) is 24.3. The number of alkyl halides is 2. The third-order valence-corrected chi connectivity index (χ3v) is 8.01. The molecule has 1 spiro atoms. The lowest BCUT2D eigenvalue weighted by molar-refractivity contribution is -0.182. The van der Waals surface area contributed by atoms with Crippen LogP contribution < -0.4 is 0 Å². The monoisotopic (exact) mass is 525 g/mol. The number of benzene rings is 1. The number of H-pyrrole nitrogens is 1. The van der Waals surface area contributed by atoms with E-state index in [4.69, 9.17) is 21.1 Å². The van der Waals surface area contributed by atoms with Crippen LogP contribution in [0.15, 0.2) is 30.3 Å². The molecule has 5 rings (SSSR count). The molecule has 2 aromatic heterocycles. The molecule has 1 fully saturated rings. The van der Waals surface area contributed by atoms with Gasteiger partial charge in [0.05, 0.1) is 10.9 Å². The first-order chi connectivity index (χ1) is 16.7. The van der Waals surface area contributed by atoms with E-state index in [9.17, 15) is 18.0 Å². The van der Waals surface area contributed by atoms with E-state index >= 15 is 0 Å². The molecule has 35 heavy (non-hydrogen) atoms. The summed E-state index contributed by atoms with van der Waals surface area (Å²) in [5.74, 6) is -4.09. The number of piperidine rings is 1. The van der Waals surface area contributed by atoms with Crippen LogP contribution in [0.25, 0.3) is 11.3 Å². The largest absolute Gasteiger partial charge is 0.461 e. The number of aromatic amines is 1. The van der Waals surface area contributed by atoms with Crippen LogP contribution >= 0.6 is 22.9 Å². The minimum Gasteiger partial charge on any atom is -0.461 e. The maximum Gasteiger partial charge on any atom is 0.356 e. The highest BCUT2D eigenvalue weighted by Crippen LogP contribution is 2.52. The molecule has 2 aliphatic rings. The van der Waals surface area contributed by atoms with Crippen molar-refractivity contribution in [1.82, 2.24) is 15.1 Å². The summed E-state index contributed by atoms with van der Waals surface area (Å²) in [5, 5.41) is 6.95. The van der Waals surface area contributed by atoms with Crippen molar-refractivity contribution >= 4 is 28.9 Å². The summed E-state index contributed by atoms with van der Waals surface area (Å²) in [5.41, 5.74) is 0.450. The summed E-state index contributed by atoms with van der Waals surface area (Å²) in [7, 11) is 0. The van der Waals surface area contributed by atoms with E-state index in [1.807, 2.05) is 0 Å². The number of carbonyl (C=O) groups excluding carboxylic acids is 1. The molecule has 0 unspecified atom stereocenters. The first-order valence-electron chi connectivity index (χ1n) is 11.3. The fraction of sp³-hybridized carbons (Fsp3) is 0.417. The van der Waals surface area contributed by atoms with Crippen molar-refractivity contribution in [3.63, 3.8) is 0 Å². The molecule has 6 nitrogen and oxygen atoms in total. The summed E-state index contributed by atoms with van der Waals surface area (Å²) in [6, 6.07) is 7.57. The maximum absolute atomic E-state index is 14.6. The number of fused-ring (bicyclic) bond motifs is 2. The summed E-state index contributed by atoms with van der Waals surface area (Å²) in [6.07, 6.45) is 0.961. The zero-order valence-electron chi connectivity index (χ0n) is 18.9. The Hall–Kier alpha value is -2.40. The second kappa shape index (κ2) is 9.24. The number of nitrogens with zero attached hydrogens (tertiary/aromatic N) is 2. The average Bonchev–Trinajstić information content (AvgIpc) is 3.44. The maximum atomic E-state index is 14.6. The molecule has 1 saturated heterocycles. The van der Waals surface area contributed by atoms with E-state index in [-0.39, 0.29) is 23.4 Å². The lowest BCUT2D eigenvalue weighted by Gasteiger charge is -2.45. The van der Waals surface area contributed by atoms with Crippen molar-refractivity contribution in [2.75, 3.05) is 26.3 Å². The summed E-state index contributed by atoms with van der Waals surface area (Å²) in [6.45, 7) is 2.55. The third kappa shape index (κ3) is 4.37. The van der Waals surface area contributed by atoms with Gasteiger partial charge in [-0.05, 0) is 38.0 Å². The number of esters is 1. The molecule has 0 aliphatic carbocycles. The summed E-state index contributed by atoms with van der Waals surface area (Å²) in [4.78, 5) is 15.1. The smallest absolute Gasteiger partial charge is 0.356 e. The Morgan fingerprint density at radius 3 is 2.77 bits per heavy atom. The molecular weight excluding hydrogens is 503 g/mol. The van der Waals surface area contributed by atoms with Gasteiger partial charge in [0.25, 0.3) is 5.92 Å². The number of aromatic nitrogens is 2. The molecule has 0 amide bonds. The van der Waals surface area contributed by atoms with Gasteiger partial charge in [0.2, 0.25) is 0 Å². The van der Waals surface area contributed by atoms with Crippen LogP contribution in [0.2, 0.25) is 4.34 Å². The average molecular weight is 526 g/mol. The van der Waals surface area contributed by atoms with Gasteiger partial charge in [0.1, 0.15) is 29.4 Å². The van der Waals surface area contributed by atoms with Crippen LogP contribution in [-0.4, -0.2) is 47.4 Å². The lowest BCUT2D eigenvalue weighted by Crippen LogP contribution is -2.48. The highest BCUT2D eigenvalue weighted by atomic mass is 35.5. The SMILES string of the molecule is CCOC(=O)c1[nH]nc(-c2ccccc2F)c1CN1CCC2(CC1)OCC(F)(F)c1cc(Cl)sc12. The quantitative estimate of drug-likeness (QED) is 0.431. The Balaban J connectivity index is 1.41. The van der Waals surface area contributed by atoms with Crippen LogP contribution in [0, 0.1) is 5.82 Å². The van der Waals surface area contributed by atoms with Crippen LogP contribution in [0.1, 0.15) is 46.3 Å². The predicted octanol–water partition coefficient (Wildman–Crippen LogP) is 5.72. The first-order valence-corrected chi connectivity index (χ1v) is 12.5. The molecule has 0 saturated carbocycles. The Bertz CT molecular complexity index is 1250. The van der Waals surface area contributed by atoms with Crippen molar-refractivity contribution in [3.8, 4) is 11.3 Å².